The first kappa shape index (κ1) is 35.6. The first-order valence-electron chi connectivity index (χ1n) is 16.2. The zero-order valence-electron chi connectivity index (χ0n) is 27.0. The lowest BCUT2D eigenvalue weighted by atomic mass is 9.97. The van der Waals surface area contributed by atoms with E-state index in [1.165, 1.54) is 53.3 Å². The predicted molar refractivity (Wildman–Crippen MR) is 189 cm³/mol. The maximum Gasteiger partial charge on any atom is 0.261 e. The van der Waals surface area contributed by atoms with Crippen LogP contribution in [0.25, 0.3) is 0 Å². The van der Waals surface area contributed by atoms with E-state index in [-0.39, 0.29) is 35.4 Å². The van der Waals surface area contributed by atoms with Gasteiger partial charge in [-0.25, -0.2) is 12.8 Å². The van der Waals surface area contributed by atoms with Crippen LogP contribution in [0.3, 0.4) is 0 Å². The molecule has 8 nitrogen and oxygen atoms in total. The minimum absolute atomic E-state index is 0.0385. The molecule has 0 aromatic heterocycles. The Hall–Kier alpha value is -4.67. The van der Waals surface area contributed by atoms with E-state index in [0.717, 1.165) is 48.9 Å². The molecule has 0 unspecified atom stereocenters. The van der Waals surface area contributed by atoms with Crippen LogP contribution < -0.4 is 14.8 Å². The van der Waals surface area contributed by atoms with Crippen LogP contribution in [0.5, 0.6) is 5.75 Å². The summed E-state index contributed by atoms with van der Waals surface area (Å²) in [4.78, 5) is 29.3. The SMILES string of the molecule is O=C(NCCC1=CCCCC1)[C@@H](Cc1ccccc1)N(Cc1ccc(Cl)cc1)C(=O)COc1ccc(S(=O)(=O)Nc2ccc(F)cc2)cc1. The monoisotopic (exact) mass is 703 g/mol. The number of nitrogens with one attached hydrogen (secondary N) is 2. The molecule has 0 fully saturated rings. The highest BCUT2D eigenvalue weighted by Crippen LogP contribution is 2.22. The summed E-state index contributed by atoms with van der Waals surface area (Å²) in [5.74, 6) is -0.892. The van der Waals surface area contributed by atoms with Gasteiger partial charge in [0, 0.05) is 30.2 Å². The van der Waals surface area contributed by atoms with Gasteiger partial charge in [0.1, 0.15) is 17.6 Å². The van der Waals surface area contributed by atoms with Crippen LogP contribution in [0.1, 0.15) is 43.2 Å². The van der Waals surface area contributed by atoms with E-state index in [9.17, 15) is 22.4 Å². The molecular weight excluding hydrogens is 665 g/mol. The summed E-state index contributed by atoms with van der Waals surface area (Å²) < 4.78 is 47.2. The van der Waals surface area contributed by atoms with Gasteiger partial charge < -0.3 is 15.0 Å². The second kappa shape index (κ2) is 17.1. The number of amides is 2. The van der Waals surface area contributed by atoms with E-state index in [1.54, 1.807) is 12.1 Å². The van der Waals surface area contributed by atoms with E-state index in [1.807, 2.05) is 42.5 Å². The average molecular weight is 704 g/mol. The lowest BCUT2D eigenvalue weighted by molar-refractivity contribution is -0.142. The Morgan fingerprint density at radius 2 is 1.59 bits per heavy atom. The number of ether oxygens (including phenoxy) is 1. The van der Waals surface area contributed by atoms with Gasteiger partial charge in [0.2, 0.25) is 5.91 Å². The van der Waals surface area contributed by atoms with Crippen molar-refractivity contribution in [1.29, 1.82) is 0 Å². The fraction of sp³-hybridized carbons (Fsp3) is 0.263. The van der Waals surface area contributed by atoms with Crippen LogP contribution in [0.4, 0.5) is 10.1 Å². The maximum atomic E-state index is 14.0. The molecule has 11 heteroatoms. The Morgan fingerprint density at radius 3 is 2.27 bits per heavy atom. The van der Waals surface area contributed by atoms with E-state index in [4.69, 9.17) is 16.3 Å². The lowest BCUT2D eigenvalue weighted by Crippen LogP contribution is -2.51. The van der Waals surface area contributed by atoms with Crippen LogP contribution in [-0.4, -0.2) is 44.3 Å². The summed E-state index contributed by atoms with van der Waals surface area (Å²) in [7, 11) is -3.95. The molecule has 4 aromatic carbocycles. The molecule has 2 amide bonds. The molecule has 0 saturated carbocycles. The second-order valence-corrected chi connectivity index (χ2v) is 14.0. The van der Waals surface area contributed by atoms with Crippen LogP contribution in [0.2, 0.25) is 5.02 Å². The Kier molecular flexibility index (Phi) is 12.5. The van der Waals surface area contributed by atoms with Crippen molar-refractivity contribution in [3.05, 3.63) is 137 Å². The maximum absolute atomic E-state index is 14.0. The van der Waals surface area contributed by atoms with Gasteiger partial charge in [-0.1, -0.05) is 65.7 Å². The van der Waals surface area contributed by atoms with Gasteiger partial charge in [0.05, 0.1) is 4.90 Å². The highest BCUT2D eigenvalue weighted by Gasteiger charge is 2.31. The minimum Gasteiger partial charge on any atom is -0.484 e. The van der Waals surface area contributed by atoms with Crippen LogP contribution in [0, 0.1) is 5.82 Å². The fourth-order valence-electron chi connectivity index (χ4n) is 5.61. The average Bonchev–Trinajstić information content (AvgIpc) is 3.11. The minimum atomic E-state index is -3.95. The zero-order chi connectivity index (χ0) is 34.6. The Labute approximate surface area is 292 Å². The molecule has 0 spiro atoms. The molecule has 2 N–H and O–H groups in total. The smallest absolute Gasteiger partial charge is 0.261 e. The zero-order valence-corrected chi connectivity index (χ0v) is 28.6. The normalized spacial score (nSPS) is 13.6. The number of benzene rings is 4. The van der Waals surface area contributed by atoms with Crippen molar-refractivity contribution in [3.63, 3.8) is 0 Å². The van der Waals surface area contributed by atoms with Crippen molar-refractivity contribution in [2.75, 3.05) is 17.9 Å². The third-order valence-electron chi connectivity index (χ3n) is 8.26. The molecule has 49 heavy (non-hydrogen) atoms. The van der Waals surface area contributed by atoms with Gasteiger partial charge in [0.15, 0.2) is 6.61 Å². The predicted octanol–water partition coefficient (Wildman–Crippen LogP) is 7.31. The summed E-state index contributed by atoms with van der Waals surface area (Å²) in [5, 5.41) is 3.63. The summed E-state index contributed by atoms with van der Waals surface area (Å²) in [6.45, 7) is 0.224. The molecule has 0 heterocycles. The topological polar surface area (TPSA) is 105 Å². The van der Waals surface area contributed by atoms with E-state index < -0.39 is 27.8 Å². The van der Waals surface area contributed by atoms with Crippen LogP contribution >= 0.6 is 11.6 Å². The van der Waals surface area contributed by atoms with Crippen LogP contribution in [0.15, 0.2) is 120 Å². The Morgan fingerprint density at radius 1 is 0.878 bits per heavy atom. The van der Waals surface area contributed by atoms with Crippen molar-refractivity contribution in [1.82, 2.24) is 10.2 Å². The Balaban J connectivity index is 1.32. The first-order valence-corrected chi connectivity index (χ1v) is 18.1. The van der Waals surface area contributed by atoms with Crippen molar-refractivity contribution >= 4 is 39.1 Å². The number of rotatable bonds is 15. The molecule has 1 aliphatic rings. The number of nitrogens with zero attached hydrogens (tertiary/aromatic N) is 1. The van der Waals surface area contributed by atoms with Gasteiger partial charge in [-0.05, 0) is 104 Å². The summed E-state index contributed by atoms with van der Waals surface area (Å²) in [5.41, 5.74) is 3.25. The largest absolute Gasteiger partial charge is 0.484 e. The summed E-state index contributed by atoms with van der Waals surface area (Å²) >= 11 is 6.13. The number of hydrogen-bond acceptors (Lipinski definition) is 5. The Bertz CT molecular complexity index is 1840. The van der Waals surface area contributed by atoms with Gasteiger partial charge in [-0.15, -0.1) is 0 Å². The van der Waals surface area contributed by atoms with Gasteiger partial charge in [-0.2, -0.15) is 0 Å². The lowest BCUT2D eigenvalue weighted by Gasteiger charge is -2.31. The highest BCUT2D eigenvalue weighted by molar-refractivity contribution is 7.92. The van der Waals surface area contributed by atoms with Gasteiger partial charge >= 0.3 is 0 Å². The number of sulfonamides is 1. The quantitative estimate of drug-likeness (QED) is 0.127. The molecule has 0 saturated heterocycles. The number of halogens is 2. The third-order valence-corrected chi connectivity index (χ3v) is 9.91. The second-order valence-electron chi connectivity index (χ2n) is 11.9. The molecule has 1 aliphatic carbocycles. The van der Waals surface area contributed by atoms with Crippen molar-refractivity contribution in [2.45, 2.75) is 56.0 Å². The first-order chi connectivity index (χ1) is 23.7. The number of anilines is 1. The molecule has 5 rings (SSSR count). The number of carbonyl (C=O) groups is 2. The van der Waals surface area contributed by atoms with E-state index in [2.05, 4.69) is 16.1 Å². The summed E-state index contributed by atoms with van der Waals surface area (Å²) in [6, 6.07) is 26.4. The number of hydrogen-bond donors (Lipinski definition) is 2. The molecule has 1 atom stereocenters. The molecule has 256 valence electrons. The fourth-order valence-corrected chi connectivity index (χ4v) is 6.80. The van der Waals surface area contributed by atoms with Crippen molar-refractivity contribution < 1.29 is 27.1 Å². The summed E-state index contributed by atoms with van der Waals surface area (Å²) in [6.07, 6.45) is 7.77. The van der Waals surface area contributed by atoms with Crippen molar-refractivity contribution in [3.8, 4) is 5.75 Å². The molecular formula is C38H39ClFN3O5S. The van der Waals surface area contributed by atoms with E-state index >= 15 is 0 Å². The molecule has 0 bridgehead atoms. The van der Waals surface area contributed by atoms with E-state index in [0.29, 0.717) is 18.0 Å². The molecule has 0 radical (unpaired) electrons. The van der Waals surface area contributed by atoms with Crippen molar-refractivity contribution in [2.24, 2.45) is 0 Å². The third kappa shape index (κ3) is 10.7. The number of carbonyl (C=O) groups excluding carboxylic acids is 2. The highest BCUT2D eigenvalue weighted by atomic mass is 35.5. The van der Waals surface area contributed by atoms with Gasteiger partial charge in [-0.3, -0.25) is 14.3 Å². The molecule has 0 aliphatic heterocycles. The van der Waals surface area contributed by atoms with Crippen LogP contribution in [-0.2, 0) is 32.6 Å². The van der Waals surface area contributed by atoms with Gasteiger partial charge in [0.25, 0.3) is 15.9 Å². The number of allylic oxidation sites excluding steroid dienone is 1. The standard InChI is InChI=1S/C38H39ClFN3O5S/c39-31-13-11-30(12-14-31)26-43(36(25-29-9-5-2-6-10-29)38(45)41-24-23-28-7-3-1-4-8-28)37(44)27-48-34-19-21-35(22-20-34)49(46,47)42-33-17-15-32(40)16-18-33/h2,5-7,9-22,36,42H,1,3-4,8,23-27H2,(H,41,45)/t36-/m1/s1. The molecule has 4 aromatic rings.